The number of hydrogen-bond donors (Lipinski definition) is 1. The Morgan fingerprint density at radius 1 is 1.32 bits per heavy atom. The van der Waals surface area contributed by atoms with Crippen LogP contribution in [0.4, 0.5) is 16.5 Å². The molecule has 1 saturated heterocycles. The van der Waals surface area contributed by atoms with Crippen molar-refractivity contribution in [2.24, 2.45) is 0 Å². The first-order valence-electron chi connectivity index (χ1n) is 8.90. The molecule has 0 unspecified atom stereocenters. The van der Waals surface area contributed by atoms with Crippen molar-refractivity contribution >= 4 is 51.7 Å². The summed E-state index contributed by atoms with van der Waals surface area (Å²) in [7, 11) is 0. The second-order valence-corrected chi connectivity index (χ2v) is 9.74. The number of nitrogens with one attached hydrogen (secondary N) is 1. The molecule has 3 rings (SSSR count). The van der Waals surface area contributed by atoms with Gasteiger partial charge >= 0.3 is 0 Å². The molecule has 1 aromatic heterocycles. The largest absolute Gasteiger partial charge is 0.363 e. The highest BCUT2D eigenvalue weighted by atomic mass is 35.5. The number of hydrogen-bond acceptors (Lipinski definition) is 8. The van der Waals surface area contributed by atoms with Crippen LogP contribution in [0.15, 0.2) is 18.2 Å². The van der Waals surface area contributed by atoms with Crippen molar-refractivity contribution in [3.63, 3.8) is 0 Å². The Kier molecular flexibility index (Phi) is 6.23. The third-order valence-corrected chi connectivity index (χ3v) is 5.73. The van der Waals surface area contributed by atoms with Crippen LogP contribution in [-0.2, 0) is 6.67 Å². The highest BCUT2D eigenvalue weighted by Gasteiger charge is 2.24. The lowest BCUT2D eigenvalue weighted by molar-refractivity contribution is -0.384. The standard InChI is InChI=1S/C17H23ClN6O2S2/c1-17(2,3)19-15-20-23(16(27)28-15)11-21-6-8-22(9-7-21)13-5-4-12(18)10-14(13)24(25)26/h4-5,10H,6-9,11H2,1-3H3,(H,19,20). The minimum atomic E-state index is -0.383. The number of benzene rings is 1. The molecule has 0 atom stereocenters. The molecule has 0 bridgehead atoms. The Labute approximate surface area is 177 Å². The zero-order valence-corrected chi connectivity index (χ0v) is 18.4. The van der Waals surface area contributed by atoms with Crippen LogP contribution < -0.4 is 10.2 Å². The van der Waals surface area contributed by atoms with Crippen molar-refractivity contribution in [2.75, 3.05) is 36.4 Å². The number of piperazine rings is 1. The fourth-order valence-corrected chi connectivity index (χ4v) is 4.36. The summed E-state index contributed by atoms with van der Waals surface area (Å²) < 4.78 is 2.55. The predicted octanol–water partition coefficient (Wildman–Crippen LogP) is 4.23. The van der Waals surface area contributed by atoms with E-state index >= 15 is 0 Å². The van der Waals surface area contributed by atoms with Crippen molar-refractivity contribution in [3.8, 4) is 0 Å². The van der Waals surface area contributed by atoms with Gasteiger partial charge in [-0.05, 0) is 45.1 Å². The second-order valence-electron chi connectivity index (χ2n) is 7.68. The maximum atomic E-state index is 11.3. The molecule has 0 aliphatic carbocycles. The van der Waals surface area contributed by atoms with E-state index in [0.29, 0.717) is 30.5 Å². The summed E-state index contributed by atoms with van der Waals surface area (Å²) in [6, 6.07) is 4.81. The first kappa shape index (κ1) is 21.0. The molecule has 0 saturated carbocycles. The summed E-state index contributed by atoms with van der Waals surface area (Å²) in [6.07, 6.45) is 0. The van der Waals surface area contributed by atoms with E-state index in [1.807, 2.05) is 9.58 Å². The van der Waals surface area contributed by atoms with Crippen molar-refractivity contribution in [3.05, 3.63) is 37.3 Å². The zero-order valence-electron chi connectivity index (χ0n) is 16.0. The van der Waals surface area contributed by atoms with Gasteiger partial charge in [0.05, 0.1) is 11.6 Å². The van der Waals surface area contributed by atoms with E-state index in [9.17, 15) is 10.1 Å². The van der Waals surface area contributed by atoms with Crippen LogP contribution in [0.2, 0.25) is 5.02 Å². The van der Waals surface area contributed by atoms with Gasteiger partial charge in [-0.15, -0.1) is 5.10 Å². The van der Waals surface area contributed by atoms with E-state index in [2.05, 4.69) is 36.1 Å². The van der Waals surface area contributed by atoms with E-state index in [4.69, 9.17) is 23.8 Å². The number of halogens is 1. The number of nitro groups is 1. The highest BCUT2D eigenvalue weighted by molar-refractivity contribution is 7.73. The Morgan fingerprint density at radius 3 is 2.61 bits per heavy atom. The van der Waals surface area contributed by atoms with Gasteiger partial charge in [-0.3, -0.25) is 15.0 Å². The van der Waals surface area contributed by atoms with Crippen LogP contribution in [-0.4, -0.2) is 51.3 Å². The van der Waals surface area contributed by atoms with Crippen molar-refractivity contribution in [1.29, 1.82) is 0 Å². The molecule has 0 spiro atoms. The van der Waals surface area contributed by atoms with Gasteiger partial charge in [-0.25, -0.2) is 4.68 Å². The van der Waals surface area contributed by atoms with Gasteiger partial charge in [-0.1, -0.05) is 22.9 Å². The number of rotatable bonds is 5. The molecule has 2 heterocycles. The van der Waals surface area contributed by atoms with Gasteiger partial charge in [0, 0.05) is 42.8 Å². The molecular formula is C17H23ClN6O2S2. The van der Waals surface area contributed by atoms with Crippen LogP contribution in [0.1, 0.15) is 20.8 Å². The average Bonchev–Trinajstić information content (AvgIpc) is 2.92. The Hall–Kier alpha value is -1.75. The number of aromatic nitrogens is 2. The van der Waals surface area contributed by atoms with Gasteiger partial charge in [0.15, 0.2) is 3.95 Å². The minimum absolute atomic E-state index is 0.0422. The number of anilines is 2. The summed E-state index contributed by atoms with van der Waals surface area (Å²) in [6.45, 7) is 9.75. The van der Waals surface area contributed by atoms with Gasteiger partial charge < -0.3 is 10.2 Å². The molecule has 1 fully saturated rings. The first-order valence-corrected chi connectivity index (χ1v) is 10.5. The molecule has 152 valence electrons. The van der Waals surface area contributed by atoms with E-state index in [1.54, 1.807) is 12.1 Å². The lowest BCUT2D eigenvalue weighted by Gasteiger charge is -2.35. The Bertz CT molecular complexity index is 915. The monoisotopic (exact) mass is 442 g/mol. The highest BCUT2D eigenvalue weighted by Crippen LogP contribution is 2.31. The minimum Gasteiger partial charge on any atom is -0.363 e. The predicted molar refractivity (Wildman–Crippen MR) is 116 cm³/mol. The van der Waals surface area contributed by atoms with E-state index < -0.39 is 0 Å². The smallest absolute Gasteiger partial charge is 0.294 e. The molecule has 1 N–H and O–H groups in total. The maximum Gasteiger partial charge on any atom is 0.294 e. The van der Waals surface area contributed by atoms with Crippen LogP contribution in [0.25, 0.3) is 0 Å². The fraction of sp³-hybridized carbons (Fsp3) is 0.529. The SMILES string of the molecule is CC(C)(C)Nc1nn(CN2CCN(c3ccc(Cl)cc3[N+](=O)[O-])CC2)c(=S)s1. The molecule has 1 aromatic carbocycles. The maximum absolute atomic E-state index is 11.3. The molecule has 8 nitrogen and oxygen atoms in total. The molecule has 0 amide bonds. The van der Waals surface area contributed by atoms with E-state index in [0.717, 1.165) is 22.2 Å². The van der Waals surface area contributed by atoms with Crippen molar-refractivity contribution < 1.29 is 4.92 Å². The number of nitro benzene ring substituents is 1. The zero-order chi connectivity index (χ0) is 20.5. The number of nitrogens with zero attached hydrogens (tertiary/aromatic N) is 5. The molecule has 1 aliphatic rings. The van der Waals surface area contributed by atoms with E-state index in [1.165, 1.54) is 17.4 Å². The van der Waals surface area contributed by atoms with Crippen molar-refractivity contribution in [1.82, 2.24) is 14.7 Å². The summed E-state index contributed by atoms with van der Waals surface area (Å²) >= 11 is 12.8. The van der Waals surface area contributed by atoms with Crippen LogP contribution in [0.3, 0.4) is 0 Å². The third kappa shape index (κ3) is 5.19. The lowest BCUT2D eigenvalue weighted by Crippen LogP contribution is -2.47. The van der Waals surface area contributed by atoms with Crippen molar-refractivity contribution in [2.45, 2.75) is 33.0 Å². The molecule has 28 heavy (non-hydrogen) atoms. The molecular weight excluding hydrogens is 420 g/mol. The average molecular weight is 443 g/mol. The normalized spacial score (nSPS) is 15.6. The van der Waals surface area contributed by atoms with Crippen LogP contribution >= 0.6 is 35.2 Å². The second kappa shape index (κ2) is 8.32. The van der Waals surface area contributed by atoms with E-state index in [-0.39, 0.29) is 16.1 Å². The molecule has 0 radical (unpaired) electrons. The summed E-state index contributed by atoms with van der Waals surface area (Å²) in [5.41, 5.74) is 0.577. The molecule has 1 aliphatic heterocycles. The molecule has 2 aromatic rings. The first-order chi connectivity index (χ1) is 13.1. The van der Waals surface area contributed by atoms with Gasteiger partial charge in [0.25, 0.3) is 5.69 Å². The summed E-state index contributed by atoms with van der Waals surface area (Å²) in [5, 5.41) is 20.4. The van der Waals surface area contributed by atoms with Crippen LogP contribution in [0.5, 0.6) is 0 Å². The van der Waals surface area contributed by atoms with Gasteiger partial charge in [0.2, 0.25) is 5.13 Å². The summed E-state index contributed by atoms with van der Waals surface area (Å²) in [5.74, 6) is 0. The molecule has 11 heteroatoms. The topological polar surface area (TPSA) is 79.5 Å². The Morgan fingerprint density at radius 2 is 2.00 bits per heavy atom. The Balaban J connectivity index is 1.64. The van der Waals surface area contributed by atoms with Crippen LogP contribution in [0, 0.1) is 14.1 Å². The summed E-state index contributed by atoms with van der Waals surface area (Å²) in [4.78, 5) is 15.2. The van der Waals surface area contributed by atoms with Gasteiger partial charge in [0.1, 0.15) is 5.69 Å². The lowest BCUT2D eigenvalue weighted by atomic mass is 10.1. The third-order valence-electron chi connectivity index (χ3n) is 4.27. The van der Waals surface area contributed by atoms with Gasteiger partial charge in [-0.2, -0.15) is 0 Å². The quantitative estimate of drug-likeness (QED) is 0.421. The fourth-order valence-electron chi connectivity index (χ4n) is 3.00.